The van der Waals surface area contributed by atoms with Crippen LogP contribution >= 0.6 is 34.2 Å². The summed E-state index contributed by atoms with van der Waals surface area (Å²) in [6, 6.07) is 5.20. The maximum Gasteiger partial charge on any atom is 0.252 e. The van der Waals surface area contributed by atoms with Crippen LogP contribution in [0.15, 0.2) is 18.2 Å². The van der Waals surface area contributed by atoms with Gasteiger partial charge < -0.3 is 10.4 Å². The summed E-state index contributed by atoms with van der Waals surface area (Å²) < 4.78 is 0.851. The Morgan fingerprint density at radius 2 is 2.18 bits per heavy atom. The van der Waals surface area contributed by atoms with Crippen molar-refractivity contribution in [3.05, 3.63) is 32.4 Å². The average Bonchev–Trinajstić information content (AvgIpc) is 2.20. The van der Waals surface area contributed by atoms with Gasteiger partial charge in [0.1, 0.15) is 0 Å². The van der Waals surface area contributed by atoms with E-state index in [1.807, 2.05) is 13.8 Å². The second-order valence-electron chi connectivity index (χ2n) is 4.44. The lowest BCUT2D eigenvalue weighted by Crippen LogP contribution is -2.44. The second-order valence-corrected chi connectivity index (χ2v) is 6.03. The lowest BCUT2D eigenvalue weighted by Gasteiger charge is -2.25. The first kappa shape index (κ1) is 14.7. The molecular formula is C12H15ClINO2. The van der Waals surface area contributed by atoms with Gasteiger partial charge in [0.15, 0.2) is 0 Å². The predicted octanol–water partition coefficient (Wildman–Crippen LogP) is 2.84. The summed E-state index contributed by atoms with van der Waals surface area (Å²) in [5, 5.41) is 12.3. The molecule has 0 aliphatic heterocycles. The molecule has 0 radical (unpaired) electrons. The highest BCUT2D eigenvalue weighted by Gasteiger charge is 2.21. The highest BCUT2D eigenvalue weighted by atomic mass is 127. The molecule has 0 spiro atoms. The molecule has 0 unspecified atom stereocenters. The fraction of sp³-hybridized carbons (Fsp3) is 0.417. The zero-order valence-corrected chi connectivity index (χ0v) is 12.7. The maximum atomic E-state index is 12.1. The van der Waals surface area contributed by atoms with Crippen molar-refractivity contribution < 1.29 is 9.90 Å². The Morgan fingerprint density at radius 3 is 2.76 bits per heavy atom. The van der Waals surface area contributed by atoms with Crippen LogP contribution in [0.4, 0.5) is 0 Å². The van der Waals surface area contributed by atoms with Crippen molar-refractivity contribution in [1.82, 2.24) is 5.32 Å². The minimum atomic E-state index is -0.433. The summed E-state index contributed by atoms with van der Waals surface area (Å²) in [6.45, 7) is 3.79. The highest BCUT2D eigenvalue weighted by molar-refractivity contribution is 14.1. The summed E-state index contributed by atoms with van der Waals surface area (Å²) in [5.41, 5.74) is 0.126. The average molecular weight is 368 g/mol. The Hall–Kier alpha value is -0.330. The third kappa shape index (κ3) is 4.44. The Bertz CT molecular complexity index is 421. The van der Waals surface area contributed by atoms with Crippen molar-refractivity contribution in [2.45, 2.75) is 25.8 Å². The number of amides is 1. The third-order valence-electron chi connectivity index (χ3n) is 2.36. The predicted molar refractivity (Wildman–Crippen MR) is 77.4 cm³/mol. The summed E-state index contributed by atoms with van der Waals surface area (Å²) in [5.74, 6) is -0.171. The van der Waals surface area contributed by atoms with Crippen molar-refractivity contribution in [2.75, 3.05) is 6.61 Å². The van der Waals surface area contributed by atoms with Gasteiger partial charge in [0, 0.05) is 20.7 Å². The van der Waals surface area contributed by atoms with Crippen LogP contribution in [-0.2, 0) is 0 Å². The molecule has 0 saturated heterocycles. The minimum Gasteiger partial charge on any atom is -0.396 e. The molecule has 3 nitrogen and oxygen atoms in total. The van der Waals surface area contributed by atoms with Crippen LogP contribution < -0.4 is 5.32 Å². The van der Waals surface area contributed by atoms with Crippen LogP contribution in [0.1, 0.15) is 30.6 Å². The first-order valence-corrected chi connectivity index (χ1v) is 6.70. The number of hydrogen-bond acceptors (Lipinski definition) is 2. The molecule has 0 heterocycles. The molecule has 0 aromatic heterocycles. The van der Waals surface area contributed by atoms with Gasteiger partial charge in [-0.25, -0.2) is 0 Å². The van der Waals surface area contributed by atoms with Crippen molar-refractivity contribution >= 4 is 40.1 Å². The number of hydrogen-bond donors (Lipinski definition) is 2. The molecule has 0 atom stereocenters. The Balaban J connectivity index is 2.86. The molecule has 0 bridgehead atoms. The van der Waals surface area contributed by atoms with E-state index in [2.05, 4.69) is 27.9 Å². The van der Waals surface area contributed by atoms with Gasteiger partial charge >= 0.3 is 0 Å². The molecule has 1 amide bonds. The summed E-state index contributed by atoms with van der Waals surface area (Å²) >= 11 is 7.97. The molecule has 0 saturated carbocycles. The molecule has 5 heteroatoms. The standard InChI is InChI=1S/C12H15ClINO2/c1-12(2,5-6-16)15-11(17)9-7-8(13)3-4-10(9)14/h3-4,7,16H,5-6H2,1-2H3,(H,15,17). The van der Waals surface area contributed by atoms with Crippen molar-refractivity contribution in [1.29, 1.82) is 0 Å². The monoisotopic (exact) mass is 367 g/mol. The molecule has 0 aliphatic rings. The van der Waals surface area contributed by atoms with Gasteiger partial charge in [-0.05, 0) is 61.1 Å². The van der Waals surface area contributed by atoms with E-state index in [1.165, 1.54) is 0 Å². The number of rotatable bonds is 4. The van der Waals surface area contributed by atoms with E-state index in [-0.39, 0.29) is 12.5 Å². The Kier molecular flexibility index (Phi) is 5.22. The van der Waals surface area contributed by atoms with Crippen LogP contribution in [0.5, 0.6) is 0 Å². The van der Waals surface area contributed by atoms with Gasteiger partial charge in [-0.1, -0.05) is 11.6 Å². The summed E-state index contributed by atoms with van der Waals surface area (Å²) in [6.07, 6.45) is 0.510. The molecule has 1 aromatic rings. The molecule has 1 rings (SSSR count). The Labute approximate surface area is 120 Å². The number of aliphatic hydroxyl groups excluding tert-OH is 1. The number of carbonyl (C=O) groups excluding carboxylic acids is 1. The van der Waals surface area contributed by atoms with Gasteiger partial charge in [-0.3, -0.25) is 4.79 Å². The lowest BCUT2D eigenvalue weighted by molar-refractivity contribution is 0.0898. The van der Waals surface area contributed by atoms with E-state index >= 15 is 0 Å². The number of aliphatic hydroxyl groups is 1. The van der Waals surface area contributed by atoms with Gasteiger partial charge in [-0.15, -0.1) is 0 Å². The smallest absolute Gasteiger partial charge is 0.252 e. The van der Waals surface area contributed by atoms with Gasteiger partial charge in [0.2, 0.25) is 0 Å². The van der Waals surface area contributed by atoms with Crippen LogP contribution in [-0.4, -0.2) is 23.2 Å². The fourth-order valence-corrected chi connectivity index (χ4v) is 2.14. The lowest BCUT2D eigenvalue weighted by atomic mass is 10.0. The van der Waals surface area contributed by atoms with Crippen LogP contribution in [0.25, 0.3) is 0 Å². The fourth-order valence-electron chi connectivity index (χ4n) is 1.39. The van der Waals surface area contributed by atoms with Crippen molar-refractivity contribution in [2.24, 2.45) is 0 Å². The molecule has 0 aliphatic carbocycles. The first-order chi connectivity index (χ1) is 7.85. The minimum absolute atomic E-state index is 0.0416. The maximum absolute atomic E-state index is 12.1. The first-order valence-electron chi connectivity index (χ1n) is 5.24. The largest absolute Gasteiger partial charge is 0.396 e. The molecular weight excluding hydrogens is 352 g/mol. The topological polar surface area (TPSA) is 49.3 Å². The zero-order chi connectivity index (χ0) is 13.1. The number of benzene rings is 1. The van der Waals surface area contributed by atoms with Gasteiger partial charge in [-0.2, -0.15) is 0 Å². The molecule has 0 fully saturated rings. The van der Waals surface area contributed by atoms with Crippen LogP contribution in [0, 0.1) is 3.57 Å². The van der Waals surface area contributed by atoms with E-state index in [1.54, 1.807) is 18.2 Å². The van der Waals surface area contributed by atoms with E-state index < -0.39 is 5.54 Å². The number of halogens is 2. The van der Waals surface area contributed by atoms with Crippen LogP contribution in [0.3, 0.4) is 0 Å². The Morgan fingerprint density at radius 1 is 1.53 bits per heavy atom. The molecule has 17 heavy (non-hydrogen) atoms. The van der Waals surface area contributed by atoms with Gasteiger partial charge in [0.05, 0.1) is 5.56 Å². The summed E-state index contributed by atoms with van der Waals surface area (Å²) in [4.78, 5) is 12.1. The number of nitrogens with one attached hydrogen (secondary N) is 1. The van der Waals surface area contributed by atoms with Gasteiger partial charge in [0.25, 0.3) is 5.91 Å². The summed E-state index contributed by atoms with van der Waals surface area (Å²) in [7, 11) is 0. The number of carbonyl (C=O) groups is 1. The molecule has 1 aromatic carbocycles. The van der Waals surface area contributed by atoms with E-state index in [4.69, 9.17) is 16.7 Å². The third-order valence-corrected chi connectivity index (χ3v) is 3.54. The van der Waals surface area contributed by atoms with Crippen molar-refractivity contribution in [3.8, 4) is 0 Å². The molecule has 94 valence electrons. The van der Waals surface area contributed by atoms with E-state index in [9.17, 15) is 4.79 Å². The highest BCUT2D eigenvalue weighted by Crippen LogP contribution is 2.19. The van der Waals surface area contributed by atoms with Crippen LogP contribution in [0.2, 0.25) is 5.02 Å². The molecule has 2 N–H and O–H groups in total. The normalized spacial score (nSPS) is 11.4. The quantitative estimate of drug-likeness (QED) is 0.804. The van der Waals surface area contributed by atoms with E-state index in [0.29, 0.717) is 17.0 Å². The van der Waals surface area contributed by atoms with E-state index in [0.717, 1.165) is 3.57 Å². The SMILES string of the molecule is CC(C)(CCO)NC(=O)c1cc(Cl)ccc1I. The second kappa shape index (κ2) is 6.02. The van der Waals surface area contributed by atoms with Crippen molar-refractivity contribution in [3.63, 3.8) is 0 Å². The zero-order valence-electron chi connectivity index (χ0n) is 9.76.